The highest BCUT2D eigenvalue weighted by molar-refractivity contribution is 5.98. The maximum Gasteiger partial charge on any atom is 0.348 e. The summed E-state index contributed by atoms with van der Waals surface area (Å²) in [7, 11) is 4.47. The van der Waals surface area contributed by atoms with Gasteiger partial charge < -0.3 is 18.9 Å². The second-order valence-electron chi connectivity index (χ2n) is 3.84. The monoisotopic (exact) mass is 291 g/mol. The molecule has 0 aromatic heterocycles. The molecule has 0 heterocycles. The van der Waals surface area contributed by atoms with Crippen LogP contribution in [0.5, 0.6) is 17.2 Å². The molecular weight excluding hydrogens is 274 g/mol. The zero-order chi connectivity index (χ0) is 15.8. The molecule has 0 unspecified atom stereocenters. The van der Waals surface area contributed by atoms with E-state index in [1.54, 1.807) is 19.1 Å². The molecule has 0 aliphatic carbocycles. The number of nitrogens with zero attached hydrogens (tertiary/aromatic N) is 1. The zero-order valence-corrected chi connectivity index (χ0v) is 12.4. The average Bonchev–Trinajstić information content (AvgIpc) is 2.51. The Balaban J connectivity index is 3.40. The Morgan fingerprint density at radius 3 is 2.14 bits per heavy atom. The molecule has 6 heteroatoms. The van der Waals surface area contributed by atoms with Crippen LogP contribution in [-0.2, 0) is 9.53 Å². The lowest BCUT2D eigenvalue weighted by atomic mass is 10.1. The highest BCUT2D eigenvalue weighted by Crippen LogP contribution is 2.35. The van der Waals surface area contributed by atoms with Gasteiger partial charge >= 0.3 is 5.97 Å². The number of esters is 1. The third kappa shape index (κ3) is 3.89. The summed E-state index contributed by atoms with van der Waals surface area (Å²) in [6.07, 6.45) is 1.37. The number of rotatable bonds is 6. The van der Waals surface area contributed by atoms with Crippen molar-refractivity contribution in [3.63, 3.8) is 0 Å². The average molecular weight is 291 g/mol. The van der Waals surface area contributed by atoms with Crippen LogP contribution in [0.15, 0.2) is 17.7 Å². The smallest absolute Gasteiger partial charge is 0.348 e. The van der Waals surface area contributed by atoms with Crippen LogP contribution in [-0.4, -0.2) is 33.9 Å². The van der Waals surface area contributed by atoms with Gasteiger partial charge in [-0.15, -0.1) is 0 Å². The molecular formula is C15H17NO5. The van der Waals surface area contributed by atoms with E-state index in [4.69, 9.17) is 24.2 Å². The second kappa shape index (κ2) is 7.80. The van der Waals surface area contributed by atoms with Crippen molar-refractivity contribution in [2.24, 2.45) is 0 Å². The van der Waals surface area contributed by atoms with Crippen molar-refractivity contribution in [3.8, 4) is 23.3 Å². The molecule has 1 aromatic rings. The summed E-state index contributed by atoms with van der Waals surface area (Å²) in [4.78, 5) is 11.7. The van der Waals surface area contributed by atoms with Crippen molar-refractivity contribution >= 4 is 12.0 Å². The van der Waals surface area contributed by atoms with E-state index >= 15 is 0 Å². The van der Waals surface area contributed by atoms with E-state index in [2.05, 4.69) is 0 Å². The lowest BCUT2D eigenvalue weighted by Gasteiger charge is -2.12. The minimum Gasteiger partial charge on any atom is -0.496 e. The van der Waals surface area contributed by atoms with Crippen molar-refractivity contribution in [1.29, 1.82) is 5.26 Å². The molecule has 0 aliphatic heterocycles. The molecule has 1 rings (SSSR count). The first kappa shape index (κ1) is 16.4. The molecule has 0 radical (unpaired) electrons. The van der Waals surface area contributed by atoms with Crippen molar-refractivity contribution < 1.29 is 23.7 Å². The Morgan fingerprint density at radius 1 is 1.19 bits per heavy atom. The number of hydrogen-bond donors (Lipinski definition) is 0. The van der Waals surface area contributed by atoms with Crippen LogP contribution in [0.4, 0.5) is 0 Å². The van der Waals surface area contributed by atoms with Gasteiger partial charge in [-0.1, -0.05) is 0 Å². The normalized spacial score (nSPS) is 10.5. The number of ether oxygens (including phenoxy) is 4. The summed E-state index contributed by atoms with van der Waals surface area (Å²) in [5.41, 5.74) is 0.323. The maximum absolute atomic E-state index is 11.7. The van der Waals surface area contributed by atoms with Crippen molar-refractivity contribution in [1.82, 2.24) is 0 Å². The summed E-state index contributed by atoms with van der Waals surface area (Å²) in [6.45, 7) is 1.86. The van der Waals surface area contributed by atoms with E-state index in [0.29, 0.717) is 22.8 Å². The second-order valence-corrected chi connectivity index (χ2v) is 3.84. The van der Waals surface area contributed by atoms with E-state index in [9.17, 15) is 4.79 Å². The molecule has 0 fully saturated rings. The predicted molar refractivity (Wildman–Crippen MR) is 76.3 cm³/mol. The highest BCUT2D eigenvalue weighted by atomic mass is 16.5. The molecule has 0 aliphatic rings. The van der Waals surface area contributed by atoms with Crippen LogP contribution in [0.25, 0.3) is 6.08 Å². The quantitative estimate of drug-likeness (QED) is 0.454. The number of hydrogen-bond acceptors (Lipinski definition) is 6. The molecule has 0 N–H and O–H groups in total. The van der Waals surface area contributed by atoms with Gasteiger partial charge in [-0.3, -0.25) is 0 Å². The van der Waals surface area contributed by atoms with Gasteiger partial charge in [0.2, 0.25) is 0 Å². The predicted octanol–water partition coefficient (Wildman–Crippen LogP) is 2.18. The molecule has 0 saturated heterocycles. The Labute approximate surface area is 123 Å². The van der Waals surface area contributed by atoms with Crippen LogP contribution in [0.3, 0.4) is 0 Å². The van der Waals surface area contributed by atoms with E-state index < -0.39 is 5.97 Å². The fourth-order valence-electron chi connectivity index (χ4n) is 1.66. The number of carbonyl (C=O) groups excluding carboxylic acids is 1. The number of methoxy groups -OCH3 is 3. The molecule has 6 nitrogen and oxygen atoms in total. The summed E-state index contributed by atoms with van der Waals surface area (Å²) in [6, 6.07) is 5.08. The Kier molecular flexibility index (Phi) is 6.08. The fraction of sp³-hybridized carbons (Fsp3) is 0.333. The van der Waals surface area contributed by atoms with E-state index in [-0.39, 0.29) is 12.2 Å². The molecule has 1 aromatic carbocycles. The summed E-state index contributed by atoms with van der Waals surface area (Å²) in [5, 5.41) is 9.09. The summed E-state index contributed by atoms with van der Waals surface area (Å²) >= 11 is 0. The van der Waals surface area contributed by atoms with Gasteiger partial charge in [0, 0.05) is 12.1 Å². The van der Waals surface area contributed by atoms with Crippen LogP contribution >= 0.6 is 0 Å². The molecule has 0 saturated carbocycles. The minimum absolute atomic E-state index is 0.140. The van der Waals surface area contributed by atoms with Gasteiger partial charge in [0.15, 0.2) is 0 Å². The van der Waals surface area contributed by atoms with Crippen LogP contribution in [0.1, 0.15) is 12.5 Å². The Bertz CT molecular complexity index is 561. The summed E-state index contributed by atoms with van der Waals surface area (Å²) in [5.74, 6) is 0.682. The first-order chi connectivity index (χ1) is 10.1. The van der Waals surface area contributed by atoms with E-state index in [1.165, 1.54) is 27.4 Å². The third-order valence-corrected chi connectivity index (χ3v) is 2.66. The van der Waals surface area contributed by atoms with Gasteiger partial charge in [0.05, 0.1) is 33.5 Å². The number of nitriles is 1. The van der Waals surface area contributed by atoms with Crippen LogP contribution < -0.4 is 14.2 Å². The largest absolute Gasteiger partial charge is 0.496 e. The fourth-order valence-corrected chi connectivity index (χ4v) is 1.66. The Morgan fingerprint density at radius 2 is 1.76 bits per heavy atom. The summed E-state index contributed by atoms with van der Waals surface area (Å²) < 4.78 is 20.5. The van der Waals surface area contributed by atoms with Crippen LogP contribution in [0.2, 0.25) is 0 Å². The molecule has 0 bridgehead atoms. The number of benzene rings is 1. The molecule has 0 spiro atoms. The van der Waals surface area contributed by atoms with Crippen molar-refractivity contribution in [2.75, 3.05) is 27.9 Å². The Hall–Kier alpha value is -2.68. The first-order valence-electron chi connectivity index (χ1n) is 6.20. The standard InChI is InChI=1S/C15H17NO5/c1-5-21-15(17)10(9-16)6-12-13(19-3)7-11(18-2)8-14(12)20-4/h6-8H,5H2,1-4H3. The molecule has 0 amide bonds. The van der Waals surface area contributed by atoms with Gasteiger partial charge in [0.25, 0.3) is 0 Å². The maximum atomic E-state index is 11.7. The number of carbonyl (C=O) groups is 1. The van der Waals surface area contributed by atoms with Crippen molar-refractivity contribution in [2.45, 2.75) is 6.92 Å². The van der Waals surface area contributed by atoms with Gasteiger partial charge in [-0.05, 0) is 13.0 Å². The van der Waals surface area contributed by atoms with Gasteiger partial charge in [-0.2, -0.15) is 5.26 Å². The minimum atomic E-state index is -0.695. The molecule has 0 atom stereocenters. The third-order valence-electron chi connectivity index (χ3n) is 2.66. The van der Waals surface area contributed by atoms with E-state index in [1.807, 2.05) is 6.07 Å². The highest BCUT2D eigenvalue weighted by Gasteiger charge is 2.16. The van der Waals surface area contributed by atoms with E-state index in [0.717, 1.165) is 0 Å². The first-order valence-corrected chi connectivity index (χ1v) is 6.20. The molecule has 21 heavy (non-hydrogen) atoms. The van der Waals surface area contributed by atoms with Gasteiger partial charge in [0.1, 0.15) is 28.9 Å². The van der Waals surface area contributed by atoms with Gasteiger partial charge in [-0.25, -0.2) is 4.79 Å². The lowest BCUT2D eigenvalue weighted by molar-refractivity contribution is -0.137. The van der Waals surface area contributed by atoms with Crippen molar-refractivity contribution in [3.05, 3.63) is 23.3 Å². The van der Waals surface area contributed by atoms with Crippen LogP contribution in [0, 0.1) is 11.3 Å². The lowest BCUT2D eigenvalue weighted by Crippen LogP contribution is -2.06. The topological polar surface area (TPSA) is 77.8 Å². The molecule has 112 valence electrons. The zero-order valence-electron chi connectivity index (χ0n) is 12.4. The SMILES string of the molecule is CCOC(=O)C(C#N)=Cc1c(OC)cc(OC)cc1OC.